The second-order valence-corrected chi connectivity index (χ2v) is 5.31. The largest absolute Gasteiger partial charge is 0.319 e. The lowest BCUT2D eigenvalue weighted by Crippen LogP contribution is -2.17. The molecule has 0 bridgehead atoms. The lowest BCUT2D eigenvalue weighted by atomic mass is 10.0. The molecule has 1 amide bonds. The number of hydrogen-bond acceptors (Lipinski definition) is 2. The zero-order chi connectivity index (χ0) is 17.0. The van der Waals surface area contributed by atoms with Gasteiger partial charge in [-0.25, -0.2) is 8.78 Å². The number of carbonyl (C=O) groups excluding carboxylic acids is 2. The van der Waals surface area contributed by atoms with Crippen LogP contribution in [0.3, 0.4) is 0 Å². The zero-order valence-corrected chi connectivity index (χ0v) is 13.1. The molecule has 0 saturated heterocycles. The molecule has 0 aliphatic carbocycles. The summed E-state index contributed by atoms with van der Waals surface area (Å²) in [5.41, 5.74) is 0.237. The fourth-order valence-electron chi connectivity index (χ4n) is 2.09. The Bertz CT molecular complexity index is 762. The second-order valence-electron chi connectivity index (χ2n) is 4.90. The van der Waals surface area contributed by atoms with E-state index < -0.39 is 17.5 Å². The Morgan fingerprint density at radius 3 is 2.52 bits per heavy atom. The highest BCUT2D eigenvalue weighted by atomic mass is 35.5. The molecule has 0 aliphatic rings. The molecule has 23 heavy (non-hydrogen) atoms. The number of amides is 1. The van der Waals surface area contributed by atoms with Crippen LogP contribution in [0.4, 0.5) is 14.5 Å². The van der Waals surface area contributed by atoms with Crippen molar-refractivity contribution in [2.75, 3.05) is 5.32 Å². The number of Topliss-reactive ketones (excluding diaryl/α,β-unsaturated/α-hetero) is 1. The average Bonchev–Trinajstić information content (AvgIpc) is 2.51. The number of benzene rings is 2. The molecular formula is C17H14ClF2NO2. The Labute approximate surface area is 137 Å². The third-order valence-corrected chi connectivity index (χ3v) is 3.62. The van der Waals surface area contributed by atoms with Gasteiger partial charge in [0.25, 0.3) is 5.91 Å². The van der Waals surface area contributed by atoms with Crippen LogP contribution in [-0.2, 0) is 11.2 Å². The fourth-order valence-corrected chi connectivity index (χ4v) is 2.37. The summed E-state index contributed by atoms with van der Waals surface area (Å²) in [6.07, 6.45) is 0.373. The van der Waals surface area contributed by atoms with Gasteiger partial charge in [-0.2, -0.15) is 0 Å². The van der Waals surface area contributed by atoms with Crippen molar-refractivity contribution in [2.45, 2.75) is 19.8 Å². The summed E-state index contributed by atoms with van der Waals surface area (Å²) < 4.78 is 26.9. The molecular weight excluding hydrogens is 324 g/mol. The van der Waals surface area contributed by atoms with E-state index in [9.17, 15) is 18.4 Å². The molecule has 2 aromatic rings. The van der Waals surface area contributed by atoms with Crippen LogP contribution in [-0.4, -0.2) is 11.7 Å². The highest BCUT2D eigenvalue weighted by molar-refractivity contribution is 6.34. The summed E-state index contributed by atoms with van der Waals surface area (Å²) in [5.74, 6) is -2.97. The molecule has 2 rings (SSSR count). The Morgan fingerprint density at radius 2 is 1.83 bits per heavy atom. The lowest BCUT2D eigenvalue weighted by Gasteiger charge is -2.12. The molecule has 0 heterocycles. The van der Waals surface area contributed by atoms with E-state index in [2.05, 4.69) is 5.32 Å². The van der Waals surface area contributed by atoms with Crippen LogP contribution in [0.15, 0.2) is 36.4 Å². The van der Waals surface area contributed by atoms with Gasteiger partial charge in [-0.05, 0) is 23.8 Å². The summed E-state index contributed by atoms with van der Waals surface area (Å²) in [5, 5.41) is 2.43. The van der Waals surface area contributed by atoms with E-state index in [0.717, 1.165) is 6.07 Å². The van der Waals surface area contributed by atoms with E-state index in [1.165, 1.54) is 18.2 Å². The lowest BCUT2D eigenvalue weighted by molar-refractivity contribution is -0.118. The number of anilines is 1. The molecule has 0 spiro atoms. The standard InChI is InChI=1S/C17H14ClF2NO2/c1-2-11(22)9-10-5-3-6-12(18)15(10)17(23)21-14-8-4-7-13(19)16(14)20/h3-8H,2,9H2,1H3,(H,21,23). The van der Waals surface area contributed by atoms with Crippen LogP contribution in [0.2, 0.25) is 5.02 Å². The van der Waals surface area contributed by atoms with Crippen molar-refractivity contribution >= 4 is 29.0 Å². The zero-order valence-electron chi connectivity index (χ0n) is 12.3. The maximum Gasteiger partial charge on any atom is 0.257 e. The van der Waals surface area contributed by atoms with E-state index >= 15 is 0 Å². The third-order valence-electron chi connectivity index (χ3n) is 3.31. The van der Waals surface area contributed by atoms with Crippen molar-refractivity contribution in [1.29, 1.82) is 0 Å². The Balaban J connectivity index is 2.35. The number of ketones is 1. The molecule has 0 radical (unpaired) electrons. The maximum absolute atomic E-state index is 13.7. The molecule has 0 fully saturated rings. The first kappa shape index (κ1) is 17.1. The van der Waals surface area contributed by atoms with Crippen molar-refractivity contribution in [1.82, 2.24) is 0 Å². The molecule has 6 heteroatoms. The van der Waals surface area contributed by atoms with Gasteiger partial charge in [-0.15, -0.1) is 0 Å². The van der Waals surface area contributed by atoms with Crippen LogP contribution < -0.4 is 5.32 Å². The topological polar surface area (TPSA) is 46.2 Å². The van der Waals surface area contributed by atoms with E-state index in [4.69, 9.17) is 11.6 Å². The van der Waals surface area contributed by atoms with Crippen molar-refractivity contribution < 1.29 is 18.4 Å². The quantitative estimate of drug-likeness (QED) is 0.879. The molecule has 0 aromatic heterocycles. The van der Waals surface area contributed by atoms with Gasteiger partial charge in [0.2, 0.25) is 0 Å². The van der Waals surface area contributed by atoms with Crippen LogP contribution in [0.5, 0.6) is 0 Å². The summed E-state index contributed by atoms with van der Waals surface area (Å²) >= 11 is 6.05. The van der Waals surface area contributed by atoms with Gasteiger partial charge in [0.05, 0.1) is 16.3 Å². The normalized spacial score (nSPS) is 10.4. The van der Waals surface area contributed by atoms with Crippen molar-refractivity contribution in [3.05, 3.63) is 64.2 Å². The first-order valence-electron chi connectivity index (χ1n) is 6.98. The van der Waals surface area contributed by atoms with Crippen molar-refractivity contribution in [3.63, 3.8) is 0 Å². The van der Waals surface area contributed by atoms with E-state index in [-0.39, 0.29) is 28.5 Å². The van der Waals surface area contributed by atoms with E-state index in [1.54, 1.807) is 19.1 Å². The van der Waals surface area contributed by atoms with Crippen LogP contribution in [0.1, 0.15) is 29.3 Å². The summed E-state index contributed by atoms with van der Waals surface area (Å²) in [4.78, 5) is 24.0. The summed E-state index contributed by atoms with van der Waals surface area (Å²) in [7, 11) is 0. The number of hydrogen-bond donors (Lipinski definition) is 1. The van der Waals surface area contributed by atoms with Gasteiger partial charge in [-0.3, -0.25) is 9.59 Å². The van der Waals surface area contributed by atoms with Gasteiger partial charge in [0.15, 0.2) is 11.6 Å². The molecule has 0 saturated carbocycles. The Hall–Kier alpha value is -2.27. The smallest absolute Gasteiger partial charge is 0.257 e. The minimum absolute atomic E-state index is 0.0471. The molecule has 2 aromatic carbocycles. The molecule has 1 N–H and O–H groups in total. The molecule has 0 atom stereocenters. The van der Waals surface area contributed by atoms with Crippen molar-refractivity contribution in [2.24, 2.45) is 0 Å². The first-order chi connectivity index (χ1) is 10.9. The molecule has 3 nitrogen and oxygen atoms in total. The van der Waals surface area contributed by atoms with Gasteiger partial charge < -0.3 is 5.32 Å². The van der Waals surface area contributed by atoms with Crippen LogP contribution in [0.25, 0.3) is 0 Å². The average molecular weight is 338 g/mol. The van der Waals surface area contributed by atoms with E-state index in [0.29, 0.717) is 12.0 Å². The van der Waals surface area contributed by atoms with Crippen molar-refractivity contribution in [3.8, 4) is 0 Å². The minimum atomic E-state index is -1.15. The Morgan fingerprint density at radius 1 is 1.13 bits per heavy atom. The molecule has 0 unspecified atom stereocenters. The van der Waals surface area contributed by atoms with Gasteiger partial charge >= 0.3 is 0 Å². The SMILES string of the molecule is CCC(=O)Cc1cccc(Cl)c1C(=O)Nc1cccc(F)c1F. The highest BCUT2D eigenvalue weighted by Crippen LogP contribution is 2.24. The monoisotopic (exact) mass is 337 g/mol. The maximum atomic E-state index is 13.7. The number of rotatable bonds is 5. The molecule has 120 valence electrons. The first-order valence-corrected chi connectivity index (χ1v) is 7.36. The number of nitrogens with one attached hydrogen (secondary N) is 1. The highest BCUT2D eigenvalue weighted by Gasteiger charge is 2.19. The fraction of sp³-hybridized carbons (Fsp3) is 0.176. The second kappa shape index (κ2) is 7.33. The Kier molecular flexibility index (Phi) is 5.45. The number of halogens is 3. The van der Waals surface area contributed by atoms with Gasteiger partial charge in [-0.1, -0.05) is 36.7 Å². The summed E-state index contributed by atoms with van der Waals surface area (Å²) in [6, 6.07) is 8.20. The number of carbonyl (C=O) groups is 2. The summed E-state index contributed by atoms with van der Waals surface area (Å²) in [6.45, 7) is 1.72. The van der Waals surface area contributed by atoms with E-state index in [1.807, 2.05) is 0 Å². The minimum Gasteiger partial charge on any atom is -0.319 e. The van der Waals surface area contributed by atoms with Crippen LogP contribution >= 0.6 is 11.6 Å². The predicted octanol–water partition coefficient (Wildman–Crippen LogP) is 4.39. The predicted molar refractivity (Wildman–Crippen MR) is 84.8 cm³/mol. The third kappa shape index (κ3) is 3.93. The van der Waals surface area contributed by atoms with Gasteiger partial charge in [0, 0.05) is 12.8 Å². The van der Waals surface area contributed by atoms with Gasteiger partial charge in [0.1, 0.15) is 5.78 Å². The van der Waals surface area contributed by atoms with Crippen LogP contribution in [0, 0.1) is 11.6 Å². The molecule has 0 aliphatic heterocycles.